The maximum atomic E-state index is 13.3. The van der Waals surface area contributed by atoms with Crippen molar-refractivity contribution in [1.82, 2.24) is 29.6 Å². The predicted molar refractivity (Wildman–Crippen MR) is 127 cm³/mol. The van der Waals surface area contributed by atoms with E-state index >= 15 is 0 Å². The topological polar surface area (TPSA) is 90.1 Å². The molecule has 1 fully saturated rings. The van der Waals surface area contributed by atoms with E-state index in [-0.39, 0.29) is 11.9 Å². The molecule has 9 nitrogen and oxygen atoms in total. The van der Waals surface area contributed by atoms with Crippen LogP contribution < -0.4 is 15.0 Å². The van der Waals surface area contributed by atoms with Crippen molar-refractivity contribution in [3.8, 4) is 17.0 Å². The van der Waals surface area contributed by atoms with Crippen LogP contribution in [0.2, 0.25) is 0 Å². The van der Waals surface area contributed by atoms with E-state index in [2.05, 4.69) is 20.3 Å². The monoisotopic (exact) mass is 445 g/mol. The summed E-state index contributed by atoms with van der Waals surface area (Å²) < 4.78 is 9.18. The molecule has 170 valence electrons. The standard InChI is InChI=1S/C24H27N7O2/c1-15-22(19-11-18(33-4)5-6-21(19)30(15)3)23(32)27-17-8-10-31(14-17)24-25-9-7-20(28-24)16-12-26-29(2)13-16/h5-7,9,11-13,17H,8,10,14H2,1-4H3,(H,27,32). The number of nitrogens with one attached hydrogen (secondary N) is 1. The molecule has 1 amide bonds. The number of nitrogens with zero attached hydrogens (tertiary/aromatic N) is 6. The van der Waals surface area contributed by atoms with Crippen molar-refractivity contribution in [2.75, 3.05) is 25.1 Å². The first kappa shape index (κ1) is 21.0. The first-order valence-corrected chi connectivity index (χ1v) is 11.0. The molecule has 0 bridgehead atoms. The number of rotatable bonds is 5. The third-order valence-corrected chi connectivity index (χ3v) is 6.38. The highest BCUT2D eigenvalue weighted by Gasteiger charge is 2.28. The Kier molecular flexibility index (Phi) is 5.24. The first-order chi connectivity index (χ1) is 15.9. The van der Waals surface area contributed by atoms with Gasteiger partial charge in [0.1, 0.15) is 5.75 Å². The molecule has 0 radical (unpaired) electrons. The lowest BCUT2D eigenvalue weighted by Gasteiger charge is -2.17. The van der Waals surface area contributed by atoms with E-state index in [0.29, 0.717) is 18.1 Å². The normalized spacial score (nSPS) is 15.9. The number of carbonyl (C=O) groups is 1. The SMILES string of the molecule is COc1ccc2c(c1)c(C(=O)NC1CCN(c3nccc(-c4cnn(C)c4)n3)C1)c(C)n2C. The number of fused-ring (bicyclic) bond motifs is 1. The van der Waals surface area contributed by atoms with Crippen LogP contribution in [0.5, 0.6) is 5.75 Å². The Labute approximate surface area is 192 Å². The number of amides is 1. The fraction of sp³-hybridized carbons (Fsp3) is 0.333. The Bertz CT molecular complexity index is 1340. The average molecular weight is 446 g/mol. The van der Waals surface area contributed by atoms with Crippen LogP contribution in [0.4, 0.5) is 5.95 Å². The van der Waals surface area contributed by atoms with Gasteiger partial charge in [0.05, 0.1) is 24.6 Å². The number of hydrogen-bond acceptors (Lipinski definition) is 6. The second-order valence-electron chi connectivity index (χ2n) is 8.45. The summed E-state index contributed by atoms with van der Waals surface area (Å²) in [6, 6.07) is 7.73. The van der Waals surface area contributed by atoms with Gasteiger partial charge in [0.2, 0.25) is 5.95 Å². The van der Waals surface area contributed by atoms with Crippen LogP contribution in [-0.4, -0.2) is 56.5 Å². The molecule has 4 aromatic rings. The summed E-state index contributed by atoms with van der Waals surface area (Å²) in [5, 5.41) is 8.34. The van der Waals surface area contributed by atoms with Gasteiger partial charge in [-0.15, -0.1) is 0 Å². The molecule has 0 aliphatic carbocycles. The van der Waals surface area contributed by atoms with Gasteiger partial charge in [-0.1, -0.05) is 0 Å². The van der Waals surface area contributed by atoms with E-state index in [1.165, 1.54) is 0 Å². The number of aromatic nitrogens is 5. The number of hydrogen-bond donors (Lipinski definition) is 1. The lowest BCUT2D eigenvalue weighted by atomic mass is 10.1. The Hall–Kier alpha value is -3.88. The summed E-state index contributed by atoms with van der Waals surface area (Å²) in [6.07, 6.45) is 6.32. The molecule has 0 spiro atoms. The maximum Gasteiger partial charge on any atom is 0.254 e. The number of aryl methyl sites for hydroxylation is 2. The number of methoxy groups -OCH3 is 1. The highest BCUT2D eigenvalue weighted by atomic mass is 16.5. The van der Waals surface area contributed by atoms with E-state index in [9.17, 15) is 4.79 Å². The molecule has 33 heavy (non-hydrogen) atoms. The molecule has 1 aliphatic heterocycles. The number of anilines is 1. The van der Waals surface area contributed by atoms with Crippen LogP contribution in [0, 0.1) is 6.92 Å². The molecule has 1 aliphatic rings. The largest absolute Gasteiger partial charge is 0.497 e. The highest BCUT2D eigenvalue weighted by molar-refractivity contribution is 6.09. The lowest BCUT2D eigenvalue weighted by molar-refractivity contribution is 0.0941. The first-order valence-electron chi connectivity index (χ1n) is 11.0. The molecule has 1 atom stereocenters. The lowest BCUT2D eigenvalue weighted by Crippen LogP contribution is -2.37. The Morgan fingerprint density at radius 2 is 2.09 bits per heavy atom. The van der Waals surface area contributed by atoms with Gasteiger partial charge in [0.25, 0.3) is 5.91 Å². The molecule has 1 aromatic carbocycles. The van der Waals surface area contributed by atoms with Crippen molar-refractivity contribution in [1.29, 1.82) is 0 Å². The van der Waals surface area contributed by atoms with Crippen molar-refractivity contribution in [2.45, 2.75) is 19.4 Å². The maximum absolute atomic E-state index is 13.3. The Morgan fingerprint density at radius 1 is 1.24 bits per heavy atom. The number of benzene rings is 1. The van der Waals surface area contributed by atoms with Crippen LogP contribution in [-0.2, 0) is 14.1 Å². The zero-order valence-electron chi connectivity index (χ0n) is 19.2. The Balaban J connectivity index is 1.33. The smallest absolute Gasteiger partial charge is 0.254 e. The molecular weight excluding hydrogens is 418 g/mol. The molecule has 1 saturated heterocycles. The predicted octanol–water partition coefficient (Wildman–Crippen LogP) is 2.69. The van der Waals surface area contributed by atoms with Gasteiger partial charge in [0, 0.05) is 67.8 Å². The molecule has 3 aromatic heterocycles. The third kappa shape index (κ3) is 3.79. The van der Waals surface area contributed by atoms with Crippen molar-refractivity contribution < 1.29 is 9.53 Å². The second kappa shape index (κ2) is 8.23. The summed E-state index contributed by atoms with van der Waals surface area (Å²) in [4.78, 5) is 24.6. The van der Waals surface area contributed by atoms with Crippen LogP contribution in [0.25, 0.3) is 22.2 Å². The summed E-state index contributed by atoms with van der Waals surface area (Å²) in [6.45, 7) is 3.42. The summed E-state index contributed by atoms with van der Waals surface area (Å²) >= 11 is 0. The molecule has 1 unspecified atom stereocenters. The van der Waals surface area contributed by atoms with E-state index in [1.807, 2.05) is 56.0 Å². The summed E-state index contributed by atoms with van der Waals surface area (Å²) in [5.74, 6) is 1.34. The fourth-order valence-corrected chi connectivity index (χ4v) is 4.50. The fourth-order valence-electron chi connectivity index (χ4n) is 4.50. The summed E-state index contributed by atoms with van der Waals surface area (Å²) in [5.41, 5.74) is 4.41. The zero-order chi connectivity index (χ0) is 23.1. The quantitative estimate of drug-likeness (QED) is 0.508. The molecule has 0 saturated carbocycles. The molecule has 9 heteroatoms. The minimum Gasteiger partial charge on any atom is -0.497 e. The van der Waals surface area contributed by atoms with Crippen molar-refractivity contribution in [3.05, 3.63) is 54.1 Å². The highest BCUT2D eigenvalue weighted by Crippen LogP contribution is 2.29. The molecular formula is C24H27N7O2. The van der Waals surface area contributed by atoms with E-state index in [0.717, 1.165) is 46.6 Å². The van der Waals surface area contributed by atoms with Gasteiger partial charge >= 0.3 is 0 Å². The van der Waals surface area contributed by atoms with Gasteiger partial charge in [-0.2, -0.15) is 5.10 Å². The van der Waals surface area contributed by atoms with Crippen LogP contribution in [0.3, 0.4) is 0 Å². The molecule has 4 heterocycles. The van der Waals surface area contributed by atoms with E-state index in [4.69, 9.17) is 9.72 Å². The zero-order valence-corrected chi connectivity index (χ0v) is 19.2. The van der Waals surface area contributed by atoms with Crippen molar-refractivity contribution in [2.24, 2.45) is 14.1 Å². The van der Waals surface area contributed by atoms with Crippen molar-refractivity contribution in [3.63, 3.8) is 0 Å². The van der Waals surface area contributed by atoms with Crippen molar-refractivity contribution >= 4 is 22.8 Å². The average Bonchev–Trinajstić information content (AvgIpc) is 3.53. The minimum absolute atomic E-state index is 0.0170. The number of carbonyl (C=O) groups excluding carboxylic acids is 1. The number of ether oxygens (including phenoxy) is 1. The van der Waals surface area contributed by atoms with Gasteiger partial charge in [0.15, 0.2) is 0 Å². The van der Waals surface area contributed by atoms with E-state index < -0.39 is 0 Å². The van der Waals surface area contributed by atoms with E-state index in [1.54, 1.807) is 24.2 Å². The van der Waals surface area contributed by atoms with Gasteiger partial charge < -0.3 is 19.5 Å². The van der Waals surface area contributed by atoms with Crippen LogP contribution in [0.1, 0.15) is 22.5 Å². The third-order valence-electron chi connectivity index (χ3n) is 6.38. The van der Waals surface area contributed by atoms with Crippen LogP contribution >= 0.6 is 0 Å². The van der Waals surface area contributed by atoms with Gasteiger partial charge in [-0.05, 0) is 37.6 Å². The summed E-state index contributed by atoms with van der Waals surface area (Å²) in [7, 11) is 5.49. The minimum atomic E-state index is -0.0665. The van der Waals surface area contributed by atoms with Crippen LogP contribution in [0.15, 0.2) is 42.9 Å². The van der Waals surface area contributed by atoms with Gasteiger partial charge in [-0.25, -0.2) is 9.97 Å². The Morgan fingerprint density at radius 3 is 2.85 bits per heavy atom. The molecule has 1 N–H and O–H groups in total. The van der Waals surface area contributed by atoms with Gasteiger partial charge in [-0.3, -0.25) is 9.48 Å². The second-order valence-corrected chi connectivity index (χ2v) is 8.45. The molecule has 5 rings (SSSR count).